The third-order valence-electron chi connectivity index (χ3n) is 2.18. The summed E-state index contributed by atoms with van der Waals surface area (Å²) in [5, 5.41) is 5.10. The second-order valence-corrected chi connectivity index (χ2v) is 3.62. The molecule has 0 spiro atoms. The van der Waals surface area contributed by atoms with Crippen molar-refractivity contribution < 1.29 is 4.42 Å². The highest BCUT2D eigenvalue weighted by molar-refractivity contribution is 6.31. The van der Waals surface area contributed by atoms with Gasteiger partial charge in [0.15, 0.2) is 0 Å². The molecule has 0 fully saturated rings. The van der Waals surface area contributed by atoms with Crippen LogP contribution in [0.5, 0.6) is 0 Å². The second kappa shape index (κ2) is 4.03. The Balaban J connectivity index is 2.40. The summed E-state index contributed by atoms with van der Waals surface area (Å²) < 4.78 is 5.40. The van der Waals surface area contributed by atoms with E-state index in [1.54, 1.807) is 6.26 Å². The topological polar surface area (TPSA) is 25.2 Å². The maximum absolute atomic E-state index is 5.92. The number of rotatable bonds is 3. The van der Waals surface area contributed by atoms with E-state index < -0.39 is 0 Å². The molecule has 0 saturated carbocycles. The average molecular weight is 210 g/mol. The van der Waals surface area contributed by atoms with Crippen LogP contribution >= 0.6 is 11.6 Å². The molecular weight excluding hydrogens is 198 g/mol. The molecule has 14 heavy (non-hydrogen) atoms. The lowest BCUT2D eigenvalue weighted by Crippen LogP contribution is -2.11. The van der Waals surface area contributed by atoms with Crippen LogP contribution in [0.2, 0.25) is 5.02 Å². The van der Waals surface area contributed by atoms with Crippen LogP contribution in [0.25, 0.3) is 11.0 Å². The molecule has 1 heterocycles. The van der Waals surface area contributed by atoms with Gasteiger partial charge in [-0.05, 0) is 24.7 Å². The van der Waals surface area contributed by atoms with Crippen LogP contribution in [0.1, 0.15) is 12.5 Å². The zero-order valence-electron chi connectivity index (χ0n) is 8.01. The normalized spacial score (nSPS) is 11.0. The van der Waals surface area contributed by atoms with Gasteiger partial charge in [0.1, 0.15) is 5.58 Å². The molecule has 0 saturated heterocycles. The minimum absolute atomic E-state index is 0.747. The van der Waals surface area contributed by atoms with Crippen LogP contribution in [0, 0.1) is 0 Å². The van der Waals surface area contributed by atoms with Crippen molar-refractivity contribution in [3.05, 3.63) is 35.0 Å². The van der Waals surface area contributed by atoms with Crippen molar-refractivity contribution in [2.24, 2.45) is 0 Å². The van der Waals surface area contributed by atoms with Gasteiger partial charge in [0.2, 0.25) is 0 Å². The molecule has 74 valence electrons. The molecule has 3 heteroatoms. The van der Waals surface area contributed by atoms with Crippen molar-refractivity contribution in [3.63, 3.8) is 0 Å². The summed E-state index contributed by atoms with van der Waals surface area (Å²) in [6.07, 6.45) is 1.78. The van der Waals surface area contributed by atoms with Crippen molar-refractivity contribution in [2.45, 2.75) is 13.5 Å². The summed E-state index contributed by atoms with van der Waals surface area (Å²) in [5.74, 6) is 0. The number of fused-ring (bicyclic) bond motifs is 1. The largest absolute Gasteiger partial charge is 0.464 e. The van der Waals surface area contributed by atoms with Gasteiger partial charge in [-0.15, -0.1) is 0 Å². The predicted octanol–water partition coefficient (Wildman–Crippen LogP) is 3.20. The zero-order valence-corrected chi connectivity index (χ0v) is 8.77. The highest BCUT2D eigenvalue weighted by Crippen LogP contribution is 2.24. The Labute approximate surface area is 87.9 Å². The molecule has 0 atom stereocenters. The lowest BCUT2D eigenvalue weighted by atomic mass is 10.2. The Morgan fingerprint density at radius 3 is 3.07 bits per heavy atom. The SMILES string of the molecule is CCNCc1coc2ccc(Cl)cc12. The van der Waals surface area contributed by atoms with Gasteiger partial charge in [-0.1, -0.05) is 18.5 Å². The van der Waals surface area contributed by atoms with Gasteiger partial charge in [-0.25, -0.2) is 0 Å². The number of nitrogens with one attached hydrogen (secondary N) is 1. The summed E-state index contributed by atoms with van der Waals surface area (Å²) in [6, 6.07) is 5.67. The van der Waals surface area contributed by atoms with E-state index in [1.807, 2.05) is 18.2 Å². The van der Waals surface area contributed by atoms with Crippen LogP contribution in [0.3, 0.4) is 0 Å². The Kier molecular flexibility index (Phi) is 2.75. The molecule has 0 aliphatic rings. The maximum atomic E-state index is 5.92. The van der Waals surface area contributed by atoms with Gasteiger partial charge in [0.25, 0.3) is 0 Å². The van der Waals surface area contributed by atoms with Crippen LogP contribution in [-0.2, 0) is 6.54 Å². The predicted molar refractivity (Wildman–Crippen MR) is 58.6 cm³/mol. The first-order valence-electron chi connectivity index (χ1n) is 4.67. The van der Waals surface area contributed by atoms with Gasteiger partial charge in [0.05, 0.1) is 6.26 Å². The van der Waals surface area contributed by atoms with Gasteiger partial charge >= 0.3 is 0 Å². The summed E-state index contributed by atoms with van der Waals surface area (Å²) in [6.45, 7) is 3.85. The van der Waals surface area contributed by atoms with Gasteiger partial charge in [-0.2, -0.15) is 0 Å². The Morgan fingerprint density at radius 2 is 2.29 bits per heavy atom. The van der Waals surface area contributed by atoms with E-state index in [1.165, 1.54) is 0 Å². The van der Waals surface area contributed by atoms with Crippen molar-refractivity contribution >= 4 is 22.6 Å². The number of benzene rings is 1. The second-order valence-electron chi connectivity index (χ2n) is 3.18. The Morgan fingerprint density at radius 1 is 1.43 bits per heavy atom. The lowest BCUT2D eigenvalue weighted by Gasteiger charge is -1.98. The highest BCUT2D eigenvalue weighted by atomic mass is 35.5. The molecule has 1 aromatic carbocycles. The molecular formula is C11H12ClNO. The lowest BCUT2D eigenvalue weighted by molar-refractivity contribution is 0.604. The smallest absolute Gasteiger partial charge is 0.134 e. The molecule has 0 aliphatic heterocycles. The van der Waals surface area contributed by atoms with E-state index in [0.717, 1.165) is 34.6 Å². The molecule has 0 bridgehead atoms. The van der Waals surface area contributed by atoms with Gasteiger partial charge in [-0.3, -0.25) is 0 Å². The first kappa shape index (κ1) is 9.56. The summed E-state index contributed by atoms with van der Waals surface area (Å²) in [4.78, 5) is 0. The van der Waals surface area contributed by atoms with Crippen LogP contribution in [-0.4, -0.2) is 6.54 Å². The fraction of sp³-hybridized carbons (Fsp3) is 0.273. The van der Waals surface area contributed by atoms with Crippen molar-refractivity contribution in [1.82, 2.24) is 5.32 Å². The molecule has 2 aromatic rings. The molecule has 2 rings (SSSR count). The summed E-state index contributed by atoms with van der Waals surface area (Å²) in [7, 11) is 0. The first-order valence-corrected chi connectivity index (χ1v) is 5.05. The van der Waals surface area contributed by atoms with E-state index in [0.29, 0.717) is 0 Å². The first-order chi connectivity index (χ1) is 6.81. The molecule has 0 aliphatic carbocycles. The number of furan rings is 1. The zero-order chi connectivity index (χ0) is 9.97. The quantitative estimate of drug-likeness (QED) is 0.840. The minimum atomic E-state index is 0.747. The summed E-state index contributed by atoms with van der Waals surface area (Å²) in [5.41, 5.74) is 2.05. The van der Waals surface area contributed by atoms with E-state index in [4.69, 9.17) is 16.0 Å². The van der Waals surface area contributed by atoms with Crippen LogP contribution < -0.4 is 5.32 Å². The van der Waals surface area contributed by atoms with E-state index in [2.05, 4.69) is 12.2 Å². The highest BCUT2D eigenvalue weighted by Gasteiger charge is 2.05. The van der Waals surface area contributed by atoms with Crippen molar-refractivity contribution in [3.8, 4) is 0 Å². The number of halogens is 1. The van der Waals surface area contributed by atoms with Crippen LogP contribution in [0.4, 0.5) is 0 Å². The van der Waals surface area contributed by atoms with Crippen molar-refractivity contribution in [1.29, 1.82) is 0 Å². The third-order valence-corrected chi connectivity index (χ3v) is 2.42. The molecule has 1 aromatic heterocycles. The average Bonchev–Trinajstić information content (AvgIpc) is 2.57. The molecule has 0 unspecified atom stereocenters. The third kappa shape index (κ3) is 1.76. The van der Waals surface area contributed by atoms with Gasteiger partial charge < -0.3 is 9.73 Å². The van der Waals surface area contributed by atoms with Crippen LogP contribution in [0.15, 0.2) is 28.9 Å². The maximum Gasteiger partial charge on any atom is 0.134 e. The monoisotopic (exact) mass is 209 g/mol. The molecule has 1 N–H and O–H groups in total. The van der Waals surface area contributed by atoms with E-state index in [-0.39, 0.29) is 0 Å². The number of hydrogen-bond donors (Lipinski definition) is 1. The van der Waals surface area contributed by atoms with E-state index in [9.17, 15) is 0 Å². The minimum Gasteiger partial charge on any atom is -0.464 e. The standard InChI is InChI=1S/C11H12ClNO/c1-2-13-6-8-7-14-11-4-3-9(12)5-10(8)11/h3-5,7,13H,2,6H2,1H3. The molecule has 2 nitrogen and oxygen atoms in total. The fourth-order valence-electron chi connectivity index (χ4n) is 1.45. The fourth-order valence-corrected chi connectivity index (χ4v) is 1.62. The summed E-state index contributed by atoms with van der Waals surface area (Å²) >= 11 is 5.92. The Hall–Kier alpha value is -0.990. The molecule has 0 amide bonds. The van der Waals surface area contributed by atoms with E-state index >= 15 is 0 Å². The number of hydrogen-bond acceptors (Lipinski definition) is 2. The van der Waals surface area contributed by atoms with Gasteiger partial charge in [0, 0.05) is 22.5 Å². The molecule has 0 radical (unpaired) electrons. The Bertz CT molecular complexity index is 436. The van der Waals surface area contributed by atoms with Crippen molar-refractivity contribution in [2.75, 3.05) is 6.54 Å².